The molecule has 1 saturated carbocycles. The van der Waals surface area contributed by atoms with Gasteiger partial charge in [-0.3, -0.25) is 4.79 Å². The molecule has 112 valence electrons. The van der Waals surface area contributed by atoms with Gasteiger partial charge in [0.2, 0.25) is 0 Å². The van der Waals surface area contributed by atoms with Crippen molar-refractivity contribution in [1.82, 2.24) is 10.2 Å². The Morgan fingerprint density at radius 1 is 1.48 bits per heavy atom. The summed E-state index contributed by atoms with van der Waals surface area (Å²) in [7, 11) is 2.11. The van der Waals surface area contributed by atoms with Gasteiger partial charge in [0.1, 0.15) is 0 Å². The summed E-state index contributed by atoms with van der Waals surface area (Å²) >= 11 is 0. The third-order valence-electron chi connectivity index (χ3n) is 3.67. The van der Waals surface area contributed by atoms with Crippen molar-refractivity contribution in [2.75, 3.05) is 26.7 Å². The minimum Gasteiger partial charge on any atom is -0.351 e. The van der Waals surface area contributed by atoms with E-state index in [0.29, 0.717) is 24.7 Å². The van der Waals surface area contributed by atoms with Gasteiger partial charge in [-0.25, -0.2) is 0 Å². The number of rotatable bonds is 5. The number of benzene rings is 1. The van der Waals surface area contributed by atoms with Crippen molar-refractivity contribution in [3.63, 3.8) is 0 Å². The zero-order chi connectivity index (χ0) is 15.2. The molecule has 0 spiro atoms. The Bertz CT molecular complexity index is 567. The summed E-state index contributed by atoms with van der Waals surface area (Å²) in [5, 5.41) is 2.97. The third-order valence-corrected chi connectivity index (χ3v) is 3.67. The van der Waals surface area contributed by atoms with Gasteiger partial charge in [-0.15, -0.1) is 0 Å². The van der Waals surface area contributed by atoms with Gasteiger partial charge in [0.05, 0.1) is 12.1 Å². The number of aryl methyl sites for hydroxylation is 1. The molecule has 0 aliphatic heterocycles. The molecule has 1 amide bonds. The monoisotopic (exact) mass is 285 g/mol. The first-order valence-corrected chi connectivity index (χ1v) is 7.40. The number of nitrogens with one attached hydrogen (secondary N) is 1. The van der Waals surface area contributed by atoms with E-state index in [4.69, 9.17) is 5.73 Å². The summed E-state index contributed by atoms with van der Waals surface area (Å²) in [6.45, 7) is 3.82. The lowest BCUT2D eigenvalue weighted by Crippen LogP contribution is -2.34. The maximum atomic E-state index is 12.3. The van der Waals surface area contributed by atoms with E-state index in [-0.39, 0.29) is 5.91 Å². The first-order valence-electron chi connectivity index (χ1n) is 7.40. The van der Waals surface area contributed by atoms with E-state index in [0.717, 1.165) is 17.7 Å². The first-order chi connectivity index (χ1) is 10.1. The largest absolute Gasteiger partial charge is 0.351 e. The molecule has 2 rings (SSSR count). The molecule has 0 radical (unpaired) electrons. The predicted octanol–water partition coefficient (Wildman–Crippen LogP) is 1.13. The molecular formula is C17H23N3O. The van der Waals surface area contributed by atoms with Crippen LogP contribution in [-0.4, -0.2) is 43.5 Å². The van der Waals surface area contributed by atoms with Crippen molar-refractivity contribution in [2.45, 2.75) is 25.8 Å². The second kappa shape index (κ2) is 7.26. The highest BCUT2D eigenvalue weighted by Crippen LogP contribution is 2.24. The van der Waals surface area contributed by atoms with Crippen molar-refractivity contribution in [1.29, 1.82) is 0 Å². The standard InChI is InChI=1S/C17H23N3O/c1-13-5-8-16(14(12-13)4-3-9-18)17(21)19-10-11-20(2)15-6-7-15/h5,8,12,15H,6-7,9-11,18H2,1-2H3,(H,19,21). The van der Waals surface area contributed by atoms with Gasteiger partial charge in [0.25, 0.3) is 5.91 Å². The molecule has 4 heteroatoms. The molecule has 4 nitrogen and oxygen atoms in total. The second-order valence-electron chi connectivity index (χ2n) is 5.52. The Hall–Kier alpha value is -1.83. The zero-order valence-corrected chi connectivity index (χ0v) is 12.8. The number of likely N-dealkylation sites (N-methyl/N-ethyl adjacent to an activating group) is 1. The van der Waals surface area contributed by atoms with Crippen molar-refractivity contribution >= 4 is 5.91 Å². The number of carbonyl (C=O) groups excluding carboxylic acids is 1. The molecule has 1 aliphatic carbocycles. The van der Waals surface area contributed by atoms with Crippen LogP contribution >= 0.6 is 0 Å². The van der Waals surface area contributed by atoms with Crippen molar-refractivity contribution in [3.05, 3.63) is 34.9 Å². The number of hydrogen-bond donors (Lipinski definition) is 2. The maximum Gasteiger partial charge on any atom is 0.252 e. The lowest BCUT2D eigenvalue weighted by Gasteiger charge is -2.16. The number of nitrogens with two attached hydrogens (primary N) is 1. The van der Waals surface area contributed by atoms with Gasteiger partial charge in [-0.05, 0) is 44.5 Å². The van der Waals surface area contributed by atoms with Crippen LogP contribution in [-0.2, 0) is 0 Å². The molecule has 0 aromatic heterocycles. The van der Waals surface area contributed by atoms with Crippen LogP contribution < -0.4 is 11.1 Å². The van der Waals surface area contributed by atoms with Gasteiger partial charge in [0.15, 0.2) is 0 Å². The fraction of sp³-hybridized carbons (Fsp3) is 0.471. The van der Waals surface area contributed by atoms with Crippen LogP contribution in [0.4, 0.5) is 0 Å². The van der Waals surface area contributed by atoms with Crippen LogP contribution in [0.1, 0.15) is 34.3 Å². The van der Waals surface area contributed by atoms with Crippen molar-refractivity contribution in [3.8, 4) is 11.8 Å². The average molecular weight is 285 g/mol. The van der Waals surface area contributed by atoms with Crippen LogP contribution in [0.15, 0.2) is 18.2 Å². The van der Waals surface area contributed by atoms with E-state index in [9.17, 15) is 4.79 Å². The number of nitrogens with zero attached hydrogens (tertiary/aromatic N) is 1. The molecule has 0 bridgehead atoms. The van der Waals surface area contributed by atoms with Crippen LogP contribution in [0.5, 0.6) is 0 Å². The molecule has 0 unspecified atom stereocenters. The van der Waals surface area contributed by atoms with E-state index in [2.05, 4.69) is 29.1 Å². The van der Waals surface area contributed by atoms with Crippen molar-refractivity contribution in [2.24, 2.45) is 5.73 Å². The molecule has 0 heterocycles. The quantitative estimate of drug-likeness (QED) is 0.797. The Kier molecular flexibility index (Phi) is 5.38. The fourth-order valence-corrected chi connectivity index (χ4v) is 2.24. The minimum atomic E-state index is -0.0690. The molecule has 21 heavy (non-hydrogen) atoms. The second-order valence-corrected chi connectivity index (χ2v) is 5.52. The van der Waals surface area contributed by atoms with E-state index >= 15 is 0 Å². The van der Waals surface area contributed by atoms with Gasteiger partial charge in [0, 0.05) is 24.7 Å². The number of carbonyl (C=O) groups is 1. The first kappa shape index (κ1) is 15.6. The van der Waals surface area contributed by atoms with Crippen LogP contribution in [0.2, 0.25) is 0 Å². The lowest BCUT2D eigenvalue weighted by molar-refractivity contribution is 0.0949. The summed E-state index contributed by atoms with van der Waals surface area (Å²) in [4.78, 5) is 14.6. The maximum absolute atomic E-state index is 12.3. The van der Waals surface area contributed by atoms with Crippen LogP contribution in [0.25, 0.3) is 0 Å². The fourth-order valence-electron chi connectivity index (χ4n) is 2.24. The molecule has 0 atom stereocenters. The smallest absolute Gasteiger partial charge is 0.252 e. The zero-order valence-electron chi connectivity index (χ0n) is 12.8. The van der Waals surface area contributed by atoms with Gasteiger partial charge >= 0.3 is 0 Å². The summed E-state index contributed by atoms with van der Waals surface area (Å²) < 4.78 is 0. The highest BCUT2D eigenvalue weighted by atomic mass is 16.1. The van der Waals surface area contributed by atoms with Crippen molar-refractivity contribution < 1.29 is 4.79 Å². The SMILES string of the molecule is Cc1ccc(C(=O)NCCN(C)C2CC2)c(C#CCN)c1. The Labute approximate surface area is 126 Å². The topological polar surface area (TPSA) is 58.4 Å². The average Bonchev–Trinajstić information content (AvgIpc) is 3.29. The molecule has 1 fully saturated rings. The summed E-state index contributed by atoms with van der Waals surface area (Å²) in [5.74, 6) is 5.72. The molecule has 1 aliphatic rings. The minimum absolute atomic E-state index is 0.0690. The molecular weight excluding hydrogens is 262 g/mol. The number of amides is 1. The Morgan fingerprint density at radius 3 is 2.90 bits per heavy atom. The lowest BCUT2D eigenvalue weighted by atomic mass is 10.0. The van der Waals surface area contributed by atoms with Crippen LogP contribution in [0, 0.1) is 18.8 Å². The summed E-state index contributed by atoms with van der Waals surface area (Å²) in [6, 6.07) is 6.40. The molecule has 1 aromatic rings. The highest BCUT2D eigenvalue weighted by Gasteiger charge is 2.25. The van der Waals surface area contributed by atoms with E-state index < -0.39 is 0 Å². The highest BCUT2D eigenvalue weighted by molar-refractivity contribution is 5.96. The van der Waals surface area contributed by atoms with Gasteiger partial charge < -0.3 is 16.0 Å². The number of hydrogen-bond acceptors (Lipinski definition) is 3. The predicted molar refractivity (Wildman–Crippen MR) is 85.1 cm³/mol. The Balaban J connectivity index is 1.97. The Morgan fingerprint density at radius 2 is 2.24 bits per heavy atom. The third kappa shape index (κ3) is 4.59. The molecule has 3 N–H and O–H groups in total. The van der Waals surface area contributed by atoms with Gasteiger partial charge in [-0.1, -0.05) is 17.9 Å². The molecule has 1 aromatic carbocycles. The van der Waals surface area contributed by atoms with E-state index in [1.165, 1.54) is 12.8 Å². The van der Waals surface area contributed by atoms with E-state index in [1.54, 1.807) is 0 Å². The van der Waals surface area contributed by atoms with E-state index in [1.807, 2.05) is 25.1 Å². The van der Waals surface area contributed by atoms with Gasteiger partial charge in [-0.2, -0.15) is 0 Å². The summed E-state index contributed by atoms with van der Waals surface area (Å²) in [6.07, 6.45) is 2.56. The summed E-state index contributed by atoms with van der Waals surface area (Å²) in [5.41, 5.74) is 7.86. The molecule has 0 saturated heterocycles. The van der Waals surface area contributed by atoms with Crippen LogP contribution in [0.3, 0.4) is 0 Å². The normalized spacial score (nSPS) is 13.7.